The number of hydrogen-bond acceptors (Lipinski definition) is 5. The molecule has 5 nitrogen and oxygen atoms in total. The van der Waals surface area contributed by atoms with Gasteiger partial charge in [0.15, 0.2) is 0 Å². The molecule has 1 aliphatic rings. The lowest BCUT2D eigenvalue weighted by atomic mass is 10.1. The van der Waals surface area contributed by atoms with Crippen LogP contribution in [0.15, 0.2) is 36.7 Å². The van der Waals surface area contributed by atoms with Crippen LogP contribution in [0.5, 0.6) is 0 Å². The highest BCUT2D eigenvalue weighted by atomic mass is 15.1. The lowest BCUT2D eigenvalue weighted by Crippen LogP contribution is -2.20. The lowest BCUT2D eigenvalue weighted by molar-refractivity contribution is 0.334. The summed E-state index contributed by atoms with van der Waals surface area (Å²) in [6, 6.07) is 8.49. The maximum Gasteiger partial charge on any atom is 0.227 e. The Hall–Kier alpha value is -2.14. The first-order valence-corrected chi connectivity index (χ1v) is 7.95. The summed E-state index contributed by atoms with van der Waals surface area (Å²) in [5.74, 6) is 0.566. The highest BCUT2D eigenvalue weighted by molar-refractivity contribution is 5.54. The smallest absolute Gasteiger partial charge is 0.227 e. The molecule has 0 unspecified atom stereocenters. The summed E-state index contributed by atoms with van der Waals surface area (Å²) in [6.07, 6.45) is 8.30. The molecular formula is C17H23N5. The third kappa shape index (κ3) is 4.18. The number of nitrogens with two attached hydrogens (primary N) is 1. The van der Waals surface area contributed by atoms with Gasteiger partial charge in [-0.05, 0) is 63.0 Å². The molecule has 116 valence electrons. The number of rotatable bonds is 6. The van der Waals surface area contributed by atoms with Crippen LogP contribution in [0.4, 0.5) is 17.3 Å². The average molecular weight is 297 g/mol. The Bertz CT molecular complexity index is 573. The second-order valence-corrected chi connectivity index (χ2v) is 5.81. The van der Waals surface area contributed by atoms with Crippen molar-refractivity contribution in [3.63, 3.8) is 0 Å². The van der Waals surface area contributed by atoms with Crippen LogP contribution in [0.2, 0.25) is 0 Å². The van der Waals surface area contributed by atoms with Gasteiger partial charge in [0.25, 0.3) is 0 Å². The summed E-state index contributed by atoms with van der Waals surface area (Å²) >= 11 is 0. The van der Waals surface area contributed by atoms with Crippen molar-refractivity contribution in [2.75, 3.05) is 30.7 Å². The van der Waals surface area contributed by atoms with E-state index in [0.717, 1.165) is 12.1 Å². The van der Waals surface area contributed by atoms with Gasteiger partial charge in [0.05, 0.1) is 18.1 Å². The molecule has 1 aromatic carbocycles. The fourth-order valence-corrected chi connectivity index (χ4v) is 2.80. The van der Waals surface area contributed by atoms with E-state index in [1.54, 1.807) is 12.4 Å². The monoisotopic (exact) mass is 297 g/mol. The molecule has 1 aromatic heterocycles. The minimum absolute atomic E-state index is 0.566. The van der Waals surface area contributed by atoms with Gasteiger partial charge in [-0.1, -0.05) is 12.1 Å². The summed E-state index contributed by atoms with van der Waals surface area (Å²) in [5, 5.41) is 3.17. The maximum absolute atomic E-state index is 5.58. The Kier molecular flexibility index (Phi) is 4.85. The molecule has 3 N–H and O–H groups in total. The van der Waals surface area contributed by atoms with Crippen LogP contribution < -0.4 is 11.1 Å². The molecule has 0 bridgehead atoms. The number of nitrogens with zero attached hydrogens (tertiary/aromatic N) is 3. The zero-order chi connectivity index (χ0) is 15.2. The molecule has 2 aromatic rings. The molecule has 1 aliphatic heterocycles. The van der Waals surface area contributed by atoms with Gasteiger partial charge in [0.1, 0.15) is 0 Å². The van der Waals surface area contributed by atoms with Crippen molar-refractivity contribution in [3.05, 3.63) is 42.2 Å². The van der Waals surface area contributed by atoms with E-state index >= 15 is 0 Å². The maximum atomic E-state index is 5.58. The van der Waals surface area contributed by atoms with Gasteiger partial charge in [0.2, 0.25) is 5.95 Å². The highest BCUT2D eigenvalue weighted by Crippen LogP contribution is 2.15. The number of aryl methyl sites for hydroxylation is 1. The SMILES string of the molecule is Nc1cnc(Nc2ccc(CCCN3CCCC3)cc2)nc1. The summed E-state index contributed by atoms with van der Waals surface area (Å²) in [4.78, 5) is 10.8. The van der Waals surface area contributed by atoms with Crippen molar-refractivity contribution in [1.82, 2.24) is 14.9 Å². The molecule has 0 saturated carbocycles. The number of benzene rings is 1. The molecule has 1 fully saturated rings. The van der Waals surface area contributed by atoms with Crippen LogP contribution in [-0.4, -0.2) is 34.5 Å². The standard InChI is InChI=1S/C17H23N5/c18-15-12-19-17(20-13-15)21-16-7-5-14(6-8-16)4-3-11-22-9-1-2-10-22/h5-8,12-13H,1-4,9-11,18H2,(H,19,20,21). The van der Waals surface area contributed by atoms with E-state index in [1.165, 1.54) is 44.5 Å². The van der Waals surface area contributed by atoms with Gasteiger partial charge in [-0.2, -0.15) is 0 Å². The topological polar surface area (TPSA) is 67.1 Å². The average Bonchev–Trinajstić information content (AvgIpc) is 3.05. The van der Waals surface area contributed by atoms with E-state index < -0.39 is 0 Å². The van der Waals surface area contributed by atoms with Gasteiger partial charge in [-0.15, -0.1) is 0 Å². The summed E-state index contributed by atoms with van der Waals surface area (Å²) < 4.78 is 0. The normalized spacial score (nSPS) is 15.1. The van der Waals surface area contributed by atoms with Crippen molar-refractivity contribution >= 4 is 17.3 Å². The zero-order valence-corrected chi connectivity index (χ0v) is 12.8. The van der Waals surface area contributed by atoms with Gasteiger partial charge < -0.3 is 16.0 Å². The first-order valence-electron chi connectivity index (χ1n) is 7.95. The van der Waals surface area contributed by atoms with E-state index in [-0.39, 0.29) is 0 Å². The molecule has 3 rings (SSSR count). The summed E-state index contributed by atoms with van der Waals surface area (Å²) in [5.41, 5.74) is 8.52. The second-order valence-electron chi connectivity index (χ2n) is 5.81. The van der Waals surface area contributed by atoms with Crippen LogP contribution in [-0.2, 0) is 6.42 Å². The largest absolute Gasteiger partial charge is 0.396 e. The fourth-order valence-electron chi connectivity index (χ4n) is 2.80. The van der Waals surface area contributed by atoms with Crippen molar-refractivity contribution in [3.8, 4) is 0 Å². The quantitative estimate of drug-likeness (QED) is 0.858. The highest BCUT2D eigenvalue weighted by Gasteiger charge is 2.10. The van der Waals surface area contributed by atoms with E-state index in [0.29, 0.717) is 11.6 Å². The molecule has 0 atom stereocenters. The van der Waals surface area contributed by atoms with Crippen LogP contribution in [0, 0.1) is 0 Å². The van der Waals surface area contributed by atoms with Crippen molar-refractivity contribution in [1.29, 1.82) is 0 Å². The molecule has 0 aliphatic carbocycles. The fraction of sp³-hybridized carbons (Fsp3) is 0.412. The number of aromatic nitrogens is 2. The molecule has 0 radical (unpaired) electrons. The number of nitrogen functional groups attached to an aromatic ring is 1. The minimum Gasteiger partial charge on any atom is -0.396 e. The summed E-state index contributed by atoms with van der Waals surface area (Å²) in [7, 11) is 0. The van der Waals surface area contributed by atoms with Gasteiger partial charge in [-0.3, -0.25) is 0 Å². The Morgan fingerprint density at radius 1 is 1.05 bits per heavy atom. The van der Waals surface area contributed by atoms with Gasteiger partial charge in [-0.25, -0.2) is 9.97 Å². The predicted molar refractivity (Wildman–Crippen MR) is 90.2 cm³/mol. The Labute approximate surface area is 131 Å². The zero-order valence-electron chi connectivity index (χ0n) is 12.8. The first-order chi connectivity index (χ1) is 10.8. The Morgan fingerprint density at radius 3 is 2.41 bits per heavy atom. The van der Waals surface area contributed by atoms with E-state index in [1.807, 2.05) is 0 Å². The van der Waals surface area contributed by atoms with Crippen LogP contribution in [0.1, 0.15) is 24.8 Å². The van der Waals surface area contributed by atoms with E-state index in [4.69, 9.17) is 5.73 Å². The molecule has 1 saturated heterocycles. The number of anilines is 3. The molecule has 0 spiro atoms. The third-order valence-corrected chi connectivity index (χ3v) is 4.02. The van der Waals surface area contributed by atoms with Crippen LogP contribution in [0.3, 0.4) is 0 Å². The third-order valence-electron chi connectivity index (χ3n) is 4.02. The van der Waals surface area contributed by atoms with Crippen molar-refractivity contribution < 1.29 is 0 Å². The van der Waals surface area contributed by atoms with Crippen LogP contribution in [0.25, 0.3) is 0 Å². The molecule has 2 heterocycles. The molecule has 22 heavy (non-hydrogen) atoms. The predicted octanol–water partition coefficient (Wildman–Crippen LogP) is 2.83. The molecule has 5 heteroatoms. The van der Waals surface area contributed by atoms with Gasteiger partial charge >= 0.3 is 0 Å². The Morgan fingerprint density at radius 2 is 1.73 bits per heavy atom. The first kappa shape index (κ1) is 14.8. The number of nitrogens with one attached hydrogen (secondary N) is 1. The lowest BCUT2D eigenvalue weighted by Gasteiger charge is -2.14. The van der Waals surface area contributed by atoms with E-state index in [2.05, 4.69) is 44.5 Å². The van der Waals surface area contributed by atoms with Crippen molar-refractivity contribution in [2.24, 2.45) is 0 Å². The number of likely N-dealkylation sites (tertiary alicyclic amines) is 1. The molecule has 0 amide bonds. The minimum atomic E-state index is 0.566. The Balaban J connectivity index is 1.48. The molecular weight excluding hydrogens is 274 g/mol. The summed E-state index contributed by atoms with van der Waals surface area (Å²) in [6.45, 7) is 3.79. The number of hydrogen-bond donors (Lipinski definition) is 2. The van der Waals surface area contributed by atoms with Crippen LogP contribution >= 0.6 is 0 Å². The second kappa shape index (κ2) is 7.22. The van der Waals surface area contributed by atoms with Gasteiger partial charge in [0, 0.05) is 5.69 Å². The van der Waals surface area contributed by atoms with E-state index in [9.17, 15) is 0 Å². The van der Waals surface area contributed by atoms with Crippen molar-refractivity contribution in [2.45, 2.75) is 25.7 Å².